The molecule has 5 aliphatic carbocycles. The van der Waals surface area contributed by atoms with Gasteiger partial charge in [0.25, 0.3) is 0 Å². The molecular weight excluding hydrogens is 888 g/mol. The number of rotatable bonds is 10. The average Bonchev–Trinajstić information content (AvgIpc) is 3.78. The number of fused-ring (bicyclic) bond motifs is 3. The Morgan fingerprint density at radius 1 is 0.432 bits per heavy atom. The van der Waals surface area contributed by atoms with Crippen molar-refractivity contribution in [2.45, 2.75) is 111 Å². The molecule has 4 bridgehead atoms. The largest absolute Gasteiger partial charge is 0.242 e. The summed E-state index contributed by atoms with van der Waals surface area (Å²) in [6.45, 7) is 16.1. The lowest BCUT2D eigenvalue weighted by molar-refractivity contribution is -0.0281. The predicted octanol–water partition coefficient (Wildman–Crippen LogP) is 16.3. The van der Waals surface area contributed by atoms with E-state index >= 15 is 0 Å². The van der Waals surface area contributed by atoms with E-state index in [0.29, 0.717) is 0 Å². The van der Waals surface area contributed by atoms with E-state index in [4.69, 9.17) is 0 Å². The Morgan fingerprint density at radius 2 is 0.959 bits per heavy atom. The molecule has 0 nitrogen and oxygen atoms in total. The van der Waals surface area contributed by atoms with Crippen molar-refractivity contribution in [3.8, 4) is 44.5 Å². The molecule has 364 valence electrons. The summed E-state index contributed by atoms with van der Waals surface area (Å²) < 4.78 is 0. The molecule has 0 amide bonds. The highest BCUT2D eigenvalue weighted by Gasteiger charge is 2.58. The van der Waals surface area contributed by atoms with Crippen molar-refractivity contribution in [1.82, 2.24) is 0 Å². The maximum atomic E-state index is 2.54. The summed E-state index contributed by atoms with van der Waals surface area (Å²) in [4.78, 5) is 0. The van der Waals surface area contributed by atoms with Gasteiger partial charge in [-0.25, -0.2) is 0 Å². The fraction of sp³-hybridized carbons (Fsp3) is 0.260. The molecule has 4 fully saturated rings. The number of hydrogen-bond donors (Lipinski definition) is 0. The van der Waals surface area contributed by atoms with Crippen LogP contribution < -0.4 is 16.4 Å². The van der Waals surface area contributed by atoms with E-state index in [0.717, 1.165) is 24.7 Å². The molecule has 0 heterocycles. The molecule has 0 spiro atoms. The van der Waals surface area contributed by atoms with E-state index < -0.39 is 0 Å². The zero-order chi connectivity index (χ0) is 50.5. The molecule has 0 N–H and O–H groups in total. The van der Waals surface area contributed by atoms with Gasteiger partial charge in [-0.3, -0.25) is 0 Å². The van der Waals surface area contributed by atoms with Crippen LogP contribution in [0, 0.1) is 60.3 Å². The van der Waals surface area contributed by atoms with Gasteiger partial charge < -0.3 is 0 Å². The first-order chi connectivity index (χ1) is 35.9. The predicted molar refractivity (Wildman–Crippen MR) is 315 cm³/mol. The van der Waals surface area contributed by atoms with Gasteiger partial charge in [-0.2, -0.15) is 0 Å². The lowest BCUT2D eigenvalue weighted by Gasteiger charge is -2.63. The topological polar surface area (TPSA) is 0 Å². The Balaban J connectivity index is 0.759. The molecule has 0 radical (unpaired) electrons. The zero-order valence-electron chi connectivity index (χ0n) is 44.7. The summed E-state index contributed by atoms with van der Waals surface area (Å²) >= 11 is 0. The Labute approximate surface area is 442 Å². The first kappa shape index (κ1) is 46.8. The van der Waals surface area contributed by atoms with Crippen molar-refractivity contribution in [2.24, 2.45) is 11.8 Å². The van der Waals surface area contributed by atoms with Crippen LogP contribution in [0.1, 0.15) is 111 Å². The number of aryl methyl sites for hydroxylation is 6. The Hall–Kier alpha value is -6.96. The van der Waals surface area contributed by atoms with Crippen LogP contribution in [-0.2, 0) is 23.7 Å². The standard InChI is InChI=1S/C73H69B/c1-46-32-48(3)70(49(4)33-46)74(71-50(5)34-47(2)35-51(71)6)65-19-13-18-59(40-65)58-17-12-16-57(38-58)56-24-29-64(30-25-56)73-43-54-36-55(44-73)42-72(41-54,45-73)63-27-22-53(23-28-63)37-60-14-8-10-20-67(60)66-31-26-62-39-61-15-9-11-21-68(61)69(62)52(66)7/h8-35,38,40,54-55H,36-37,39,41-45H2,1-7H3. The van der Waals surface area contributed by atoms with Crippen LogP contribution in [0.3, 0.4) is 0 Å². The van der Waals surface area contributed by atoms with E-state index in [1.807, 2.05) is 0 Å². The normalized spacial score (nSPS) is 20.1. The van der Waals surface area contributed by atoms with E-state index in [1.54, 1.807) is 11.1 Å². The Morgan fingerprint density at radius 3 is 1.58 bits per heavy atom. The van der Waals surface area contributed by atoms with E-state index in [2.05, 4.69) is 230 Å². The lowest BCUT2D eigenvalue weighted by Crippen LogP contribution is -2.55. The molecule has 1 heteroatoms. The second-order valence-corrected chi connectivity index (χ2v) is 24.0. The number of benzene rings is 9. The van der Waals surface area contributed by atoms with E-state index in [9.17, 15) is 0 Å². The van der Waals surface area contributed by atoms with Crippen LogP contribution in [-0.4, -0.2) is 6.71 Å². The molecule has 74 heavy (non-hydrogen) atoms. The van der Waals surface area contributed by atoms with Crippen LogP contribution >= 0.6 is 0 Å². The van der Waals surface area contributed by atoms with Crippen molar-refractivity contribution in [3.63, 3.8) is 0 Å². The molecular formula is C73H69B. The molecule has 2 unspecified atom stereocenters. The second kappa shape index (κ2) is 18.2. The van der Waals surface area contributed by atoms with Crippen LogP contribution in [0.15, 0.2) is 182 Å². The van der Waals surface area contributed by atoms with Crippen molar-refractivity contribution in [2.75, 3.05) is 0 Å². The minimum Gasteiger partial charge on any atom is -0.0680 e. The minimum atomic E-state index is 0.147. The average molecular weight is 957 g/mol. The highest BCUT2D eigenvalue weighted by molar-refractivity contribution is 6.96. The van der Waals surface area contributed by atoms with Crippen LogP contribution in [0.25, 0.3) is 44.5 Å². The molecule has 9 aromatic carbocycles. The monoisotopic (exact) mass is 957 g/mol. The molecule has 5 aliphatic rings. The van der Waals surface area contributed by atoms with Crippen molar-refractivity contribution in [1.29, 1.82) is 0 Å². The summed E-state index contributed by atoms with van der Waals surface area (Å²) in [5.74, 6) is 1.60. The molecule has 2 atom stereocenters. The fourth-order valence-electron chi connectivity index (χ4n) is 16.3. The third-order valence-electron chi connectivity index (χ3n) is 18.8. The highest BCUT2D eigenvalue weighted by atomic mass is 14.6. The van der Waals surface area contributed by atoms with E-state index in [1.165, 1.54) is 161 Å². The molecule has 14 rings (SSSR count). The van der Waals surface area contributed by atoms with Gasteiger partial charge in [-0.15, -0.1) is 0 Å². The summed E-state index contributed by atoms with van der Waals surface area (Å²) in [7, 11) is 0. The van der Waals surface area contributed by atoms with Gasteiger partial charge in [0.15, 0.2) is 0 Å². The highest BCUT2D eigenvalue weighted by Crippen LogP contribution is 2.66. The maximum Gasteiger partial charge on any atom is 0.242 e. The van der Waals surface area contributed by atoms with Crippen molar-refractivity contribution in [3.05, 3.63) is 254 Å². The summed E-state index contributed by atoms with van der Waals surface area (Å²) in [6.07, 6.45) is 10.0. The van der Waals surface area contributed by atoms with Gasteiger partial charge in [0, 0.05) is 0 Å². The van der Waals surface area contributed by atoms with Gasteiger partial charge in [-0.05, 0) is 212 Å². The van der Waals surface area contributed by atoms with Gasteiger partial charge in [0.05, 0.1) is 0 Å². The van der Waals surface area contributed by atoms with Gasteiger partial charge >= 0.3 is 0 Å². The SMILES string of the molecule is Cc1cc(C)c(B(c2cccc(-c3cccc(-c4ccc(C56CC7CC(CC(c8ccc(Cc9ccccc9-c9ccc%10c(c9C)-c9ccccc9C%10)cc8)(C7)C5)C6)cc4)c3)c2)c2c(C)cc(C)cc2C)c(C)c1. The number of hydrogen-bond acceptors (Lipinski definition) is 0. The second-order valence-electron chi connectivity index (χ2n) is 24.0. The van der Waals surface area contributed by atoms with Gasteiger partial charge in [0.1, 0.15) is 0 Å². The molecule has 0 aromatic heterocycles. The lowest BCUT2D eigenvalue weighted by atomic mass is 9.34. The quantitative estimate of drug-likeness (QED) is 0.120. The van der Waals surface area contributed by atoms with E-state index in [-0.39, 0.29) is 17.5 Å². The summed E-state index contributed by atoms with van der Waals surface area (Å²) in [5, 5.41) is 0. The molecule has 0 aliphatic heterocycles. The van der Waals surface area contributed by atoms with Gasteiger partial charge in [-0.1, -0.05) is 226 Å². The van der Waals surface area contributed by atoms with Crippen LogP contribution in [0.4, 0.5) is 0 Å². The summed E-state index contributed by atoms with van der Waals surface area (Å²) in [5.41, 5.74) is 33.8. The van der Waals surface area contributed by atoms with Crippen LogP contribution in [0.2, 0.25) is 0 Å². The van der Waals surface area contributed by atoms with Crippen molar-refractivity contribution < 1.29 is 0 Å². The third-order valence-corrected chi connectivity index (χ3v) is 18.8. The maximum absolute atomic E-state index is 2.54. The minimum absolute atomic E-state index is 0.147. The smallest absolute Gasteiger partial charge is 0.0680 e. The first-order valence-corrected chi connectivity index (χ1v) is 27.8. The zero-order valence-corrected chi connectivity index (χ0v) is 44.7. The summed E-state index contributed by atoms with van der Waals surface area (Å²) in [6, 6.07) is 71.0. The van der Waals surface area contributed by atoms with Crippen molar-refractivity contribution >= 4 is 23.1 Å². The molecule has 0 saturated heterocycles. The Bertz CT molecular complexity index is 3540. The molecule has 4 saturated carbocycles. The van der Waals surface area contributed by atoms with Gasteiger partial charge in [0.2, 0.25) is 6.71 Å². The third kappa shape index (κ3) is 8.05. The Kier molecular flexibility index (Phi) is 11.5. The fourth-order valence-corrected chi connectivity index (χ4v) is 16.3. The molecule has 9 aromatic rings. The van der Waals surface area contributed by atoms with Crippen LogP contribution in [0.5, 0.6) is 0 Å². The first-order valence-electron chi connectivity index (χ1n) is 27.8.